The molecule has 17 heavy (non-hydrogen) atoms. The van der Waals surface area contributed by atoms with E-state index in [1.807, 2.05) is 0 Å². The van der Waals surface area contributed by atoms with Gasteiger partial charge >= 0.3 is 0 Å². The minimum absolute atomic E-state index is 0.629. The number of rotatable bonds is 2. The maximum atomic E-state index is 3.89. The first kappa shape index (κ1) is 11.3. The van der Waals surface area contributed by atoms with Gasteiger partial charge in [-0.25, -0.2) is 0 Å². The van der Waals surface area contributed by atoms with Gasteiger partial charge in [-0.15, -0.1) is 0 Å². The first-order valence-electron chi connectivity index (χ1n) is 7.17. The molecule has 1 atom stereocenters. The third kappa shape index (κ3) is 2.40. The molecule has 0 bridgehead atoms. The van der Waals surface area contributed by atoms with E-state index in [0.29, 0.717) is 6.04 Å². The lowest BCUT2D eigenvalue weighted by Crippen LogP contribution is -2.34. The number of hydrogen-bond donors (Lipinski definition) is 1. The normalized spacial score (nSPS) is 32.4. The molecule has 92 valence electrons. The van der Waals surface area contributed by atoms with Crippen LogP contribution in [-0.2, 0) is 6.42 Å². The van der Waals surface area contributed by atoms with Gasteiger partial charge in [0.15, 0.2) is 0 Å². The van der Waals surface area contributed by atoms with Crippen molar-refractivity contribution in [3.8, 4) is 0 Å². The van der Waals surface area contributed by atoms with Gasteiger partial charge in [0.2, 0.25) is 0 Å². The molecular weight excluding hydrogens is 206 g/mol. The van der Waals surface area contributed by atoms with Crippen LogP contribution in [0.4, 0.5) is 0 Å². The second kappa shape index (κ2) is 4.81. The second-order valence-corrected chi connectivity index (χ2v) is 5.91. The summed E-state index contributed by atoms with van der Waals surface area (Å²) in [7, 11) is 0. The van der Waals surface area contributed by atoms with E-state index in [1.165, 1.54) is 38.5 Å². The molecule has 1 aromatic rings. The van der Waals surface area contributed by atoms with E-state index in [9.17, 15) is 0 Å². The van der Waals surface area contributed by atoms with Crippen LogP contribution in [0.5, 0.6) is 0 Å². The van der Waals surface area contributed by atoms with E-state index in [0.717, 1.165) is 12.0 Å². The summed E-state index contributed by atoms with van der Waals surface area (Å²) in [5.41, 5.74) is 3.13. The lowest BCUT2D eigenvalue weighted by atomic mass is 9.87. The van der Waals surface area contributed by atoms with Gasteiger partial charge in [-0.2, -0.15) is 0 Å². The number of nitrogens with one attached hydrogen (secondary N) is 1. The van der Waals surface area contributed by atoms with Gasteiger partial charge in [-0.3, -0.25) is 0 Å². The average molecular weight is 229 g/mol. The Morgan fingerprint density at radius 2 is 1.76 bits per heavy atom. The quantitative estimate of drug-likeness (QED) is 0.812. The number of aryl methyl sites for hydroxylation is 1. The van der Waals surface area contributed by atoms with E-state index in [1.54, 1.807) is 11.1 Å². The lowest BCUT2D eigenvalue weighted by molar-refractivity contribution is 0.286. The predicted molar refractivity (Wildman–Crippen MR) is 72.1 cm³/mol. The first-order valence-corrected chi connectivity index (χ1v) is 7.17. The van der Waals surface area contributed by atoms with Crippen LogP contribution in [0.25, 0.3) is 0 Å². The zero-order valence-corrected chi connectivity index (χ0v) is 10.8. The van der Waals surface area contributed by atoms with Crippen LogP contribution >= 0.6 is 0 Å². The first-order chi connectivity index (χ1) is 8.33. The van der Waals surface area contributed by atoms with Crippen molar-refractivity contribution in [2.75, 3.05) is 0 Å². The van der Waals surface area contributed by atoms with Gasteiger partial charge in [-0.1, -0.05) is 31.2 Å². The van der Waals surface area contributed by atoms with Crippen LogP contribution in [0.3, 0.4) is 0 Å². The molecule has 1 N–H and O–H groups in total. The molecule has 2 aliphatic rings. The van der Waals surface area contributed by atoms with Gasteiger partial charge in [-0.05, 0) is 55.6 Å². The van der Waals surface area contributed by atoms with Crippen LogP contribution in [0.15, 0.2) is 24.3 Å². The minimum Gasteiger partial charge on any atom is -0.307 e. The van der Waals surface area contributed by atoms with Crippen molar-refractivity contribution in [1.29, 1.82) is 0 Å². The van der Waals surface area contributed by atoms with Crippen molar-refractivity contribution in [3.63, 3.8) is 0 Å². The fraction of sp³-hybridized carbons (Fsp3) is 0.625. The van der Waals surface area contributed by atoms with Crippen molar-refractivity contribution < 1.29 is 0 Å². The Morgan fingerprint density at radius 3 is 2.59 bits per heavy atom. The topological polar surface area (TPSA) is 12.0 Å². The summed E-state index contributed by atoms with van der Waals surface area (Å²) in [4.78, 5) is 0. The summed E-state index contributed by atoms with van der Waals surface area (Å²) in [6.07, 6.45) is 8.13. The summed E-state index contributed by atoms with van der Waals surface area (Å²) in [6.45, 7) is 2.39. The molecule has 0 radical (unpaired) electrons. The van der Waals surface area contributed by atoms with Crippen LogP contribution in [-0.4, -0.2) is 6.04 Å². The Balaban J connectivity index is 1.64. The Kier molecular flexibility index (Phi) is 3.19. The average Bonchev–Trinajstić information content (AvgIpc) is 2.76. The molecule has 1 heteroatoms. The highest BCUT2D eigenvalue weighted by Gasteiger charge is 2.26. The van der Waals surface area contributed by atoms with Crippen molar-refractivity contribution in [1.82, 2.24) is 5.32 Å². The smallest absolute Gasteiger partial charge is 0.0328 e. The monoisotopic (exact) mass is 229 g/mol. The van der Waals surface area contributed by atoms with Crippen LogP contribution < -0.4 is 5.32 Å². The van der Waals surface area contributed by atoms with Crippen LogP contribution in [0, 0.1) is 5.92 Å². The molecular formula is C16H23N. The maximum Gasteiger partial charge on any atom is 0.0328 e. The summed E-state index contributed by atoms with van der Waals surface area (Å²) in [6, 6.07) is 10.4. The Labute approximate surface area is 105 Å². The van der Waals surface area contributed by atoms with Crippen molar-refractivity contribution in [2.45, 2.75) is 57.5 Å². The molecule has 2 aliphatic carbocycles. The molecule has 1 unspecified atom stereocenters. The Bertz CT molecular complexity index is 377. The Hall–Kier alpha value is -0.820. The van der Waals surface area contributed by atoms with Crippen molar-refractivity contribution >= 4 is 0 Å². The molecule has 1 nitrogen and oxygen atoms in total. The van der Waals surface area contributed by atoms with Gasteiger partial charge in [0.1, 0.15) is 0 Å². The fourth-order valence-corrected chi connectivity index (χ4v) is 3.44. The van der Waals surface area contributed by atoms with Gasteiger partial charge in [0, 0.05) is 12.1 Å². The lowest BCUT2D eigenvalue weighted by Gasteiger charge is -2.30. The summed E-state index contributed by atoms with van der Waals surface area (Å²) >= 11 is 0. The number of hydrogen-bond acceptors (Lipinski definition) is 1. The van der Waals surface area contributed by atoms with E-state index in [2.05, 4.69) is 36.5 Å². The van der Waals surface area contributed by atoms with E-state index < -0.39 is 0 Å². The summed E-state index contributed by atoms with van der Waals surface area (Å²) in [5, 5.41) is 3.89. The largest absolute Gasteiger partial charge is 0.307 e. The third-order valence-electron chi connectivity index (χ3n) is 4.59. The summed E-state index contributed by atoms with van der Waals surface area (Å²) < 4.78 is 0. The van der Waals surface area contributed by atoms with Gasteiger partial charge < -0.3 is 5.32 Å². The van der Waals surface area contributed by atoms with Gasteiger partial charge in [0.25, 0.3) is 0 Å². The molecule has 0 spiro atoms. The highest BCUT2D eigenvalue weighted by Crippen LogP contribution is 2.33. The fourth-order valence-electron chi connectivity index (χ4n) is 3.44. The summed E-state index contributed by atoms with van der Waals surface area (Å²) in [5.74, 6) is 0.948. The maximum absolute atomic E-state index is 3.89. The zero-order valence-electron chi connectivity index (χ0n) is 10.8. The highest BCUT2D eigenvalue weighted by molar-refractivity contribution is 5.34. The zero-order chi connectivity index (χ0) is 11.7. The molecule has 1 saturated carbocycles. The molecule has 0 aromatic heterocycles. The molecule has 0 aliphatic heterocycles. The molecule has 1 aromatic carbocycles. The van der Waals surface area contributed by atoms with Crippen molar-refractivity contribution in [3.05, 3.63) is 35.4 Å². The Morgan fingerprint density at radius 1 is 1.00 bits per heavy atom. The van der Waals surface area contributed by atoms with E-state index in [-0.39, 0.29) is 0 Å². The molecule has 3 rings (SSSR count). The van der Waals surface area contributed by atoms with Crippen molar-refractivity contribution in [2.24, 2.45) is 5.92 Å². The third-order valence-corrected chi connectivity index (χ3v) is 4.59. The predicted octanol–water partition coefficient (Wildman–Crippen LogP) is 3.84. The van der Waals surface area contributed by atoms with E-state index >= 15 is 0 Å². The molecule has 1 fully saturated rings. The molecule has 0 heterocycles. The van der Waals surface area contributed by atoms with Gasteiger partial charge in [0.05, 0.1) is 0 Å². The number of benzene rings is 1. The minimum atomic E-state index is 0.629. The SMILES string of the molecule is CC1CCC(NC2CCc3ccccc32)CC1. The second-order valence-electron chi connectivity index (χ2n) is 5.91. The standard InChI is InChI=1S/C16H23N/c1-12-6-9-14(10-7-12)17-16-11-8-13-4-2-3-5-15(13)16/h2-5,12,14,16-17H,6-11H2,1H3. The van der Waals surface area contributed by atoms with E-state index in [4.69, 9.17) is 0 Å². The highest BCUT2D eigenvalue weighted by atomic mass is 15.0. The van der Waals surface area contributed by atoms with Crippen LogP contribution in [0.2, 0.25) is 0 Å². The van der Waals surface area contributed by atoms with Crippen LogP contribution in [0.1, 0.15) is 56.2 Å². The number of fused-ring (bicyclic) bond motifs is 1. The molecule has 0 saturated heterocycles. The molecule has 0 amide bonds.